The normalized spacial score (nSPS) is 12.8. The maximum atomic E-state index is 12.0. The smallest absolute Gasteiger partial charge is 0.313 e. The summed E-state index contributed by atoms with van der Waals surface area (Å²) in [5.74, 6) is -0.934. The van der Waals surface area contributed by atoms with Gasteiger partial charge in [-0.3, -0.25) is 9.59 Å². The van der Waals surface area contributed by atoms with E-state index in [4.69, 9.17) is 16.3 Å². The third kappa shape index (κ3) is 6.27. The summed E-state index contributed by atoms with van der Waals surface area (Å²) in [5, 5.41) is 15.9. The van der Waals surface area contributed by atoms with Gasteiger partial charge in [-0.25, -0.2) is 0 Å². The molecule has 2 aromatic rings. The summed E-state index contributed by atoms with van der Waals surface area (Å²) in [7, 11) is 1.58. The average molecular weight is 391 g/mol. The molecule has 0 saturated carbocycles. The van der Waals surface area contributed by atoms with Crippen LogP contribution in [-0.4, -0.2) is 36.2 Å². The molecule has 0 fully saturated rings. The van der Waals surface area contributed by atoms with Crippen molar-refractivity contribution in [3.8, 4) is 5.75 Å². The topological polar surface area (TPSA) is 87.7 Å². The van der Waals surface area contributed by atoms with Crippen molar-refractivity contribution in [3.05, 3.63) is 58.6 Å². The minimum Gasteiger partial charge on any atom is -0.497 e. The predicted octanol–water partition coefficient (Wildman–Crippen LogP) is 2.71. The molecule has 0 aliphatic carbocycles. The van der Waals surface area contributed by atoms with Gasteiger partial charge in [-0.05, 0) is 49.2 Å². The first kappa shape index (κ1) is 20.7. The quantitative estimate of drug-likeness (QED) is 0.662. The van der Waals surface area contributed by atoms with E-state index in [0.717, 1.165) is 16.9 Å². The first-order chi connectivity index (χ1) is 12.7. The molecule has 0 aliphatic rings. The summed E-state index contributed by atoms with van der Waals surface area (Å²) in [4.78, 5) is 24.0. The number of carbonyl (C=O) groups is 2. The van der Waals surface area contributed by atoms with Crippen LogP contribution < -0.4 is 15.4 Å². The van der Waals surface area contributed by atoms with Crippen LogP contribution in [0.15, 0.2) is 42.5 Å². The van der Waals surface area contributed by atoms with E-state index < -0.39 is 17.4 Å². The Morgan fingerprint density at radius 2 is 1.81 bits per heavy atom. The van der Waals surface area contributed by atoms with Gasteiger partial charge in [0.25, 0.3) is 0 Å². The molecular weight excluding hydrogens is 368 g/mol. The standard InChI is InChI=1S/C20H23ClN2O4/c1-13-4-7-15(10-17(13)21)23-19(25)18(24)22-12-20(2,26)11-14-5-8-16(27-3)9-6-14/h4-10,26H,11-12H2,1-3H3,(H,22,24)(H,23,25). The molecule has 27 heavy (non-hydrogen) atoms. The Bertz CT molecular complexity index is 819. The lowest BCUT2D eigenvalue weighted by Gasteiger charge is -2.23. The number of amides is 2. The van der Waals surface area contributed by atoms with Gasteiger partial charge in [0, 0.05) is 23.7 Å². The Labute approximate surface area is 163 Å². The summed E-state index contributed by atoms with van der Waals surface area (Å²) in [5.41, 5.74) is 0.968. The van der Waals surface area contributed by atoms with Gasteiger partial charge in [0.1, 0.15) is 5.75 Å². The summed E-state index contributed by atoms with van der Waals surface area (Å²) in [6.45, 7) is 3.36. The largest absolute Gasteiger partial charge is 0.497 e. The Hall–Kier alpha value is -2.57. The Morgan fingerprint density at radius 3 is 2.41 bits per heavy atom. The second-order valence-electron chi connectivity index (χ2n) is 6.62. The molecule has 7 heteroatoms. The number of hydrogen-bond donors (Lipinski definition) is 3. The first-order valence-electron chi connectivity index (χ1n) is 8.41. The van der Waals surface area contributed by atoms with Crippen LogP contribution in [-0.2, 0) is 16.0 Å². The molecule has 3 N–H and O–H groups in total. The van der Waals surface area contributed by atoms with Crippen molar-refractivity contribution in [2.75, 3.05) is 19.0 Å². The zero-order valence-corrected chi connectivity index (χ0v) is 16.3. The highest BCUT2D eigenvalue weighted by Gasteiger charge is 2.24. The molecule has 144 valence electrons. The van der Waals surface area contributed by atoms with Crippen molar-refractivity contribution < 1.29 is 19.4 Å². The third-order valence-corrected chi connectivity index (χ3v) is 4.42. The zero-order chi connectivity index (χ0) is 20.0. The van der Waals surface area contributed by atoms with Crippen LogP contribution in [0.1, 0.15) is 18.1 Å². The molecule has 0 spiro atoms. The van der Waals surface area contributed by atoms with Gasteiger partial charge in [0.2, 0.25) is 0 Å². The molecule has 0 bridgehead atoms. The minimum atomic E-state index is -1.21. The second kappa shape index (κ2) is 8.88. The third-order valence-electron chi connectivity index (χ3n) is 4.01. The fourth-order valence-electron chi connectivity index (χ4n) is 2.46. The lowest BCUT2D eigenvalue weighted by atomic mass is 9.96. The Balaban J connectivity index is 1.88. The second-order valence-corrected chi connectivity index (χ2v) is 7.03. The van der Waals surface area contributed by atoms with Gasteiger partial charge in [-0.15, -0.1) is 0 Å². The lowest BCUT2D eigenvalue weighted by Crippen LogP contribution is -2.45. The van der Waals surface area contributed by atoms with E-state index in [-0.39, 0.29) is 6.54 Å². The van der Waals surface area contributed by atoms with E-state index >= 15 is 0 Å². The number of methoxy groups -OCH3 is 1. The zero-order valence-electron chi connectivity index (χ0n) is 15.5. The van der Waals surface area contributed by atoms with E-state index in [1.807, 2.05) is 19.1 Å². The van der Waals surface area contributed by atoms with Gasteiger partial charge in [-0.1, -0.05) is 29.8 Å². The number of carbonyl (C=O) groups excluding carboxylic acids is 2. The van der Waals surface area contributed by atoms with Crippen molar-refractivity contribution in [1.29, 1.82) is 0 Å². The molecule has 0 radical (unpaired) electrons. The fourth-order valence-corrected chi connectivity index (χ4v) is 2.64. The van der Waals surface area contributed by atoms with Gasteiger partial charge >= 0.3 is 11.8 Å². The molecule has 0 heterocycles. The van der Waals surface area contributed by atoms with E-state index in [9.17, 15) is 14.7 Å². The Kier molecular flexibility index (Phi) is 6.82. The van der Waals surface area contributed by atoms with Crippen LogP contribution in [0.25, 0.3) is 0 Å². The van der Waals surface area contributed by atoms with E-state index in [2.05, 4.69) is 10.6 Å². The predicted molar refractivity (Wildman–Crippen MR) is 105 cm³/mol. The molecule has 1 atom stereocenters. The fraction of sp³-hybridized carbons (Fsp3) is 0.300. The summed E-state index contributed by atoms with van der Waals surface area (Å²) < 4.78 is 5.10. The van der Waals surface area contributed by atoms with E-state index in [1.165, 1.54) is 0 Å². The van der Waals surface area contributed by atoms with Gasteiger partial charge < -0.3 is 20.5 Å². The summed E-state index contributed by atoms with van der Waals surface area (Å²) in [6.07, 6.45) is 0.312. The van der Waals surface area contributed by atoms with Gasteiger partial charge in [0.15, 0.2) is 0 Å². The molecule has 0 aliphatic heterocycles. The van der Waals surface area contributed by atoms with Crippen LogP contribution in [0.2, 0.25) is 5.02 Å². The van der Waals surface area contributed by atoms with E-state index in [1.54, 1.807) is 44.4 Å². The van der Waals surface area contributed by atoms with Crippen LogP contribution >= 0.6 is 11.6 Å². The highest BCUT2D eigenvalue weighted by Crippen LogP contribution is 2.20. The molecule has 2 aromatic carbocycles. The lowest BCUT2D eigenvalue weighted by molar-refractivity contribution is -0.136. The SMILES string of the molecule is COc1ccc(CC(C)(O)CNC(=O)C(=O)Nc2ccc(C)c(Cl)c2)cc1. The number of aliphatic hydroxyl groups is 1. The highest BCUT2D eigenvalue weighted by molar-refractivity contribution is 6.39. The molecule has 6 nitrogen and oxygen atoms in total. The highest BCUT2D eigenvalue weighted by atomic mass is 35.5. The average Bonchev–Trinajstić information content (AvgIpc) is 2.63. The summed E-state index contributed by atoms with van der Waals surface area (Å²) >= 11 is 6.00. The molecule has 2 amide bonds. The monoisotopic (exact) mass is 390 g/mol. The number of benzene rings is 2. The number of hydrogen-bond acceptors (Lipinski definition) is 4. The van der Waals surface area contributed by atoms with Crippen molar-refractivity contribution >= 4 is 29.1 Å². The number of anilines is 1. The number of aryl methyl sites for hydroxylation is 1. The van der Waals surface area contributed by atoms with Crippen LogP contribution in [0.4, 0.5) is 5.69 Å². The molecular formula is C20H23ClN2O4. The summed E-state index contributed by atoms with van der Waals surface area (Å²) in [6, 6.07) is 12.2. The van der Waals surface area contributed by atoms with Crippen LogP contribution in [0.5, 0.6) is 5.75 Å². The Morgan fingerprint density at radius 1 is 1.15 bits per heavy atom. The van der Waals surface area contributed by atoms with Crippen molar-refractivity contribution in [3.63, 3.8) is 0 Å². The van der Waals surface area contributed by atoms with Crippen LogP contribution in [0, 0.1) is 6.92 Å². The van der Waals surface area contributed by atoms with E-state index in [0.29, 0.717) is 17.1 Å². The number of rotatable bonds is 6. The number of halogens is 1. The molecule has 0 saturated heterocycles. The van der Waals surface area contributed by atoms with Crippen molar-refractivity contribution in [1.82, 2.24) is 5.32 Å². The molecule has 1 unspecified atom stereocenters. The number of nitrogens with one attached hydrogen (secondary N) is 2. The maximum Gasteiger partial charge on any atom is 0.313 e. The molecule has 0 aromatic heterocycles. The van der Waals surface area contributed by atoms with Gasteiger partial charge in [-0.2, -0.15) is 0 Å². The van der Waals surface area contributed by atoms with Crippen molar-refractivity contribution in [2.45, 2.75) is 25.9 Å². The van der Waals surface area contributed by atoms with Crippen molar-refractivity contribution in [2.24, 2.45) is 0 Å². The van der Waals surface area contributed by atoms with Gasteiger partial charge in [0.05, 0.1) is 12.7 Å². The minimum absolute atomic E-state index is 0.0695. The number of ether oxygens (including phenoxy) is 1. The van der Waals surface area contributed by atoms with Crippen LogP contribution in [0.3, 0.4) is 0 Å². The maximum absolute atomic E-state index is 12.0. The molecule has 2 rings (SSSR count). The first-order valence-corrected chi connectivity index (χ1v) is 8.78.